The van der Waals surface area contributed by atoms with Crippen molar-refractivity contribution in [1.29, 1.82) is 0 Å². The Bertz CT molecular complexity index is 1050. The fourth-order valence-corrected chi connectivity index (χ4v) is 3.89. The number of carbonyl (C=O) groups excluding carboxylic acids is 1. The molecule has 0 fully saturated rings. The second kappa shape index (κ2) is 6.75. The van der Waals surface area contributed by atoms with Crippen LogP contribution in [-0.4, -0.2) is 16.6 Å². The number of hydrazone groups is 1. The third-order valence-corrected chi connectivity index (χ3v) is 5.20. The van der Waals surface area contributed by atoms with Crippen molar-refractivity contribution in [1.82, 2.24) is 5.01 Å². The van der Waals surface area contributed by atoms with Gasteiger partial charge < -0.3 is 0 Å². The maximum atomic E-state index is 12.1. The zero-order valence-electron chi connectivity index (χ0n) is 14.1. The Morgan fingerprint density at radius 2 is 1.81 bits per heavy atom. The lowest BCUT2D eigenvalue weighted by Gasteiger charge is -2.21. The van der Waals surface area contributed by atoms with Gasteiger partial charge >= 0.3 is 0 Å². The number of benzene rings is 3. The summed E-state index contributed by atoms with van der Waals surface area (Å²) in [5.41, 5.74) is 2.75. The Kier molecular flexibility index (Phi) is 4.43. The van der Waals surface area contributed by atoms with Gasteiger partial charge in [0.25, 0.3) is 0 Å². The van der Waals surface area contributed by atoms with E-state index >= 15 is 0 Å². The van der Waals surface area contributed by atoms with E-state index in [9.17, 15) is 4.79 Å². The molecule has 0 radical (unpaired) electrons. The third kappa shape index (κ3) is 3.09. The van der Waals surface area contributed by atoms with Gasteiger partial charge in [-0.05, 0) is 40.1 Å². The summed E-state index contributed by atoms with van der Waals surface area (Å²) in [5.74, 6) is -0.114. The first kappa shape index (κ1) is 17.1. The van der Waals surface area contributed by atoms with Crippen molar-refractivity contribution in [3.05, 3.63) is 81.8 Å². The van der Waals surface area contributed by atoms with Crippen LogP contribution in [0, 0.1) is 0 Å². The zero-order chi connectivity index (χ0) is 18.3. The molecule has 1 atom stereocenters. The van der Waals surface area contributed by atoms with Gasteiger partial charge in [0.2, 0.25) is 5.91 Å². The van der Waals surface area contributed by atoms with Crippen LogP contribution in [0.3, 0.4) is 0 Å². The molecule has 3 aromatic carbocycles. The average molecular weight is 383 g/mol. The molecule has 1 aliphatic rings. The topological polar surface area (TPSA) is 32.7 Å². The summed E-state index contributed by atoms with van der Waals surface area (Å²) in [4.78, 5) is 12.1. The lowest BCUT2D eigenvalue weighted by molar-refractivity contribution is -0.130. The molecule has 1 amide bonds. The number of fused-ring (bicyclic) bond motifs is 1. The van der Waals surface area contributed by atoms with Crippen molar-refractivity contribution < 1.29 is 4.79 Å². The molecule has 130 valence electrons. The number of hydrogen-bond donors (Lipinski definition) is 0. The summed E-state index contributed by atoms with van der Waals surface area (Å²) in [6.45, 7) is 1.52. The molecule has 1 aliphatic heterocycles. The monoisotopic (exact) mass is 382 g/mol. The molecule has 26 heavy (non-hydrogen) atoms. The smallest absolute Gasteiger partial charge is 0.240 e. The molecule has 1 heterocycles. The van der Waals surface area contributed by atoms with Crippen molar-refractivity contribution in [3.8, 4) is 0 Å². The van der Waals surface area contributed by atoms with Crippen LogP contribution >= 0.6 is 23.2 Å². The minimum absolute atomic E-state index is 0.114. The highest BCUT2D eigenvalue weighted by molar-refractivity contribution is 6.35. The second-order valence-corrected chi connectivity index (χ2v) is 7.20. The lowest BCUT2D eigenvalue weighted by Crippen LogP contribution is -2.24. The standard InChI is InChI=1S/C21H16Cl2N2O/c1-13(26)25-21(18-9-8-17(22)11-19(18)23)12-20(24-25)16-7-6-14-4-2-3-5-15(14)10-16/h2-11,21H,12H2,1H3/t21-/m0/s1. The first-order valence-corrected chi connectivity index (χ1v) is 9.10. The molecule has 0 saturated heterocycles. The molecule has 0 spiro atoms. The van der Waals surface area contributed by atoms with E-state index in [2.05, 4.69) is 29.4 Å². The fraction of sp³-hybridized carbons (Fsp3) is 0.143. The maximum absolute atomic E-state index is 12.1. The first-order chi connectivity index (χ1) is 12.5. The molecular formula is C21H16Cl2N2O. The lowest BCUT2D eigenvalue weighted by atomic mass is 9.97. The molecule has 0 N–H and O–H groups in total. The van der Waals surface area contributed by atoms with E-state index in [-0.39, 0.29) is 11.9 Å². The second-order valence-electron chi connectivity index (χ2n) is 6.36. The summed E-state index contributed by atoms with van der Waals surface area (Å²) in [6.07, 6.45) is 0.610. The largest absolute Gasteiger partial charge is 0.273 e. The molecular weight excluding hydrogens is 367 g/mol. The maximum Gasteiger partial charge on any atom is 0.240 e. The van der Waals surface area contributed by atoms with Crippen molar-refractivity contribution in [3.63, 3.8) is 0 Å². The van der Waals surface area contributed by atoms with Gasteiger partial charge in [-0.2, -0.15) is 5.10 Å². The van der Waals surface area contributed by atoms with Crippen LogP contribution in [0.4, 0.5) is 0 Å². The first-order valence-electron chi connectivity index (χ1n) is 8.34. The molecule has 3 aromatic rings. The van der Waals surface area contributed by atoms with Gasteiger partial charge in [0, 0.05) is 23.4 Å². The molecule has 0 aromatic heterocycles. The van der Waals surface area contributed by atoms with E-state index in [1.165, 1.54) is 17.3 Å². The molecule has 3 nitrogen and oxygen atoms in total. The van der Waals surface area contributed by atoms with Crippen LogP contribution < -0.4 is 0 Å². The molecule has 0 aliphatic carbocycles. The predicted molar refractivity (Wildman–Crippen MR) is 107 cm³/mol. The minimum atomic E-state index is -0.223. The number of carbonyl (C=O) groups is 1. The summed E-state index contributed by atoms with van der Waals surface area (Å²) in [5, 5.41) is 9.55. The molecule has 0 saturated carbocycles. The van der Waals surface area contributed by atoms with Crippen molar-refractivity contribution in [2.45, 2.75) is 19.4 Å². The van der Waals surface area contributed by atoms with E-state index in [1.807, 2.05) is 24.3 Å². The van der Waals surface area contributed by atoms with Gasteiger partial charge in [-0.15, -0.1) is 0 Å². The molecule has 0 unspecified atom stereocenters. The van der Waals surface area contributed by atoms with Crippen LogP contribution in [0.5, 0.6) is 0 Å². The predicted octanol–water partition coefficient (Wildman–Crippen LogP) is 5.84. The Morgan fingerprint density at radius 1 is 1.04 bits per heavy atom. The Balaban J connectivity index is 1.73. The molecule has 4 rings (SSSR count). The summed E-state index contributed by atoms with van der Waals surface area (Å²) < 4.78 is 0. The normalized spacial score (nSPS) is 16.8. The molecule has 5 heteroatoms. The quantitative estimate of drug-likeness (QED) is 0.547. The Labute approximate surface area is 161 Å². The van der Waals surface area contributed by atoms with E-state index in [0.717, 1.165) is 22.2 Å². The highest BCUT2D eigenvalue weighted by Gasteiger charge is 2.32. The molecule has 0 bridgehead atoms. The SMILES string of the molecule is CC(=O)N1N=C(c2ccc3ccccc3c2)C[C@H]1c1ccc(Cl)cc1Cl. The summed E-state index contributed by atoms with van der Waals surface area (Å²) in [6, 6.07) is 19.5. The van der Waals surface area contributed by atoms with Gasteiger partial charge in [0.1, 0.15) is 0 Å². The van der Waals surface area contributed by atoms with E-state index < -0.39 is 0 Å². The van der Waals surface area contributed by atoms with Gasteiger partial charge in [-0.25, -0.2) is 5.01 Å². The average Bonchev–Trinajstić information content (AvgIpc) is 3.06. The minimum Gasteiger partial charge on any atom is -0.273 e. The Hall–Kier alpha value is -2.36. The van der Waals surface area contributed by atoms with E-state index in [0.29, 0.717) is 16.5 Å². The highest BCUT2D eigenvalue weighted by Crippen LogP contribution is 2.37. The van der Waals surface area contributed by atoms with Crippen LogP contribution in [0.15, 0.2) is 65.8 Å². The van der Waals surface area contributed by atoms with E-state index in [4.69, 9.17) is 23.2 Å². The number of nitrogens with zero attached hydrogens (tertiary/aromatic N) is 2. The number of hydrogen-bond acceptors (Lipinski definition) is 2. The van der Waals surface area contributed by atoms with Gasteiger partial charge in [-0.1, -0.05) is 65.7 Å². The van der Waals surface area contributed by atoms with Crippen molar-refractivity contribution in [2.24, 2.45) is 5.10 Å². The summed E-state index contributed by atoms with van der Waals surface area (Å²) in [7, 11) is 0. The van der Waals surface area contributed by atoms with Crippen molar-refractivity contribution in [2.75, 3.05) is 0 Å². The van der Waals surface area contributed by atoms with Gasteiger partial charge in [0.15, 0.2) is 0 Å². The highest BCUT2D eigenvalue weighted by atomic mass is 35.5. The summed E-state index contributed by atoms with van der Waals surface area (Å²) >= 11 is 12.4. The fourth-order valence-electron chi connectivity index (χ4n) is 3.36. The van der Waals surface area contributed by atoms with Crippen LogP contribution in [0.1, 0.15) is 30.5 Å². The van der Waals surface area contributed by atoms with Gasteiger partial charge in [-0.3, -0.25) is 4.79 Å². The third-order valence-electron chi connectivity index (χ3n) is 4.64. The number of halogens is 2. The van der Waals surface area contributed by atoms with Crippen molar-refractivity contribution >= 4 is 45.6 Å². The zero-order valence-corrected chi connectivity index (χ0v) is 15.6. The van der Waals surface area contributed by atoms with E-state index in [1.54, 1.807) is 12.1 Å². The Morgan fingerprint density at radius 3 is 2.54 bits per heavy atom. The van der Waals surface area contributed by atoms with Crippen LogP contribution in [-0.2, 0) is 4.79 Å². The number of rotatable bonds is 2. The van der Waals surface area contributed by atoms with Crippen LogP contribution in [0.25, 0.3) is 10.8 Å². The number of amides is 1. The van der Waals surface area contributed by atoms with Crippen LogP contribution in [0.2, 0.25) is 10.0 Å². The van der Waals surface area contributed by atoms with Gasteiger partial charge in [0.05, 0.1) is 11.8 Å².